The number of rotatable bonds is 7. The Morgan fingerprint density at radius 2 is 1.92 bits per heavy atom. The molecule has 12 heavy (non-hydrogen) atoms. The molecule has 0 fully saturated rings. The van der Waals surface area contributed by atoms with E-state index in [4.69, 9.17) is 9.84 Å². The van der Waals surface area contributed by atoms with Crippen molar-refractivity contribution in [3.63, 3.8) is 0 Å². The second kappa shape index (κ2) is 7.56. The maximum Gasteiger partial charge on any atom is 0.0745 e. The summed E-state index contributed by atoms with van der Waals surface area (Å²) < 4.78 is 5.40. The summed E-state index contributed by atoms with van der Waals surface area (Å²) in [6.45, 7) is 6.48. The van der Waals surface area contributed by atoms with Gasteiger partial charge in [-0.05, 0) is 20.3 Å². The van der Waals surface area contributed by atoms with Crippen LogP contribution in [0.4, 0.5) is 0 Å². The second-order valence-electron chi connectivity index (χ2n) is 3.49. The molecule has 0 heterocycles. The van der Waals surface area contributed by atoms with Crippen LogP contribution in [0.25, 0.3) is 0 Å². The molecule has 0 aliphatic rings. The van der Waals surface area contributed by atoms with Crippen molar-refractivity contribution in [1.29, 1.82) is 0 Å². The van der Waals surface area contributed by atoms with Crippen LogP contribution in [-0.4, -0.2) is 23.9 Å². The maximum absolute atomic E-state index is 8.95. The second-order valence-corrected chi connectivity index (χ2v) is 3.49. The first kappa shape index (κ1) is 11.9. The smallest absolute Gasteiger partial charge is 0.0745 e. The molecule has 2 nitrogen and oxygen atoms in total. The van der Waals surface area contributed by atoms with Gasteiger partial charge in [0.15, 0.2) is 0 Å². The zero-order valence-electron chi connectivity index (χ0n) is 8.55. The lowest BCUT2D eigenvalue weighted by molar-refractivity contribution is 0.00127. The Kier molecular flexibility index (Phi) is 7.51. The zero-order valence-corrected chi connectivity index (χ0v) is 8.55. The van der Waals surface area contributed by atoms with Gasteiger partial charge in [-0.15, -0.1) is 0 Å². The van der Waals surface area contributed by atoms with Gasteiger partial charge in [-0.3, -0.25) is 0 Å². The molecule has 0 aromatic carbocycles. The third-order valence-electron chi connectivity index (χ3n) is 1.84. The molecule has 0 aliphatic heterocycles. The molecule has 0 aliphatic carbocycles. The summed E-state index contributed by atoms with van der Waals surface area (Å²) in [5.41, 5.74) is 0. The van der Waals surface area contributed by atoms with Crippen molar-refractivity contribution < 1.29 is 9.84 Å². The fraction of sp³-hybridized carbons (Fsp3) is 1.00. The van der Waals surface area contributed by atoms with Crippen LogP contribution >= 0.6 is 0 Å². The van der Waals surface area contributed by atoms with Gasteiger partial charge in [0.2, 0.25) is 0 Å². The van der Waals surface area contributed by atoms with Crippen molar-refractivity contribution in [2.24, 2.45) is 0 Å². The van der Waals surface area contributed by atoms with E-state index in [9.17, 15) is 0 Å². The molecule has 0 aromatic heterocycles. The van der Waals surface area contributed by atoms with E-state index < -0.39 is 0 Å². The van der Waals surface area contributed by atoms with E-state index in [0.717, 1.165) is 6.42 Å². The number of hydrogen-bond acceptors (Lipinski definition) is 2. The third-order valence-corrected chi connectivity index (χ3v) is 1.84. The summed E-state index contributed by atoms with van der Waals surface area (Å²) in [4.78, 5) is 0. The normalized spacial score (nSPS) is 16.0. The van der Waals surface area contributed by atoms with Crippen molar-refractivity contribution in [1.82, 2.24) is 0 Å². The van der Waals surface area contributed by atoms with Crippen molar-refractivity contribution >= 4 is 0 Å². The molecule has 1 N–H and O–H groups in total. The third kappa shape index (κ3) is 8.02. The van der Waals surface area contributed by atoms with Crippen LogP contribution < -0.4 is 0 Å². The van der Waals surface area contributed by atoms with Crippen LogP contribution in [0.3, 0.4) is 0 Å². The average molecular weight is 174 g/mol. The highest BCUT2D eigenvalue weighted by Crippen LogP contribution is 2.06. The Labute approximate surface area is 75.9 Å². The van der Waals surface area contributed by atoms with Gasteiger partial charge >= 0.3 is 0 Å². The molecule has 0 rings (SSSR count). The number of aliphatic hydroxyl groups is 1. The molecule has 0 amide bonds. The number of aliphatic hydroxyl groups excluding tert-OH is 1. The summed E-state index contributed by atoms with van der Waals surface area (Å²) in [5.74, 6) is 0. The zero-order chi connectivity index (χ0) is 9.40. The summed E-state index contributed by atoms with van der Waals surface area (Å²) in [7, 11) is 0. The topological polar surface area (TPSA) is 29.5 Å². The number of hydrogen-bond donors (Lipinski definition) is 1. The van der Waals surface area contributed by atoms with E-state index in [0.29, 0.717) is 12.7 Å². The molecule has 2 atom stereocenters. The minimum absolute atomic E-state index is 0.297. The molecule has 0 spiro atoms. The highest BCUT2D eigenvalue weighted by Gasteiger charge is 2.03. The van der Waals surface area contributed by atoms with Gasteiger partial charge in [0.1, 0.15) is 0 Å². The van der Waals surface area contributed by atoms with Gasteiger partial charge in [-0.1, -0.05) is 26.2 Å². The Morgan fingerprint density at radius 1 is 1.25 bits per heavy atom. The maximum atomic E-state index is 8.95. The number of ether oxygens (including phenoxy) is 1. The van der Waals surface area contributed by atoms with Crippen LogP contribution in [0.5, 0.6) is 0 Å². The van der Waals surface area contributed by atoms with Crippen LogP contribution in [0.15, 0.2) is 0 Å². The van der Waals surface area contributed by atoms with Crippen molar-refractivity contribution in [3.05, 3.63) is 0 Å². The fourth-order valence-electron chi connectivity index (χ4n) is 1.07. The highest BCUT2D eigenvalue weighted by molar-refractivity contribution is 4.52. The van der Waals surface area contributed by atoms with E-state index >= 15 is 0 Å². The lowest BCUT2D eigenvalue weighted by Crippen LogP contribution is -2.16. The van der Waals surface area contributed by atoms with E-state index in [2.05, 4.69) is 13.8 Å². The minimum atomic E-state index is -0.335. The van der Waals surface area contributed by atoms with Gasteiger partial charge in [0.25, 0.3) is 0 Å². The van der Waals surface area contributed by atoms with Gasteiger partial charge in [0, 0.05) is 0 Å². The first-order valence-electron chi connectivity index (χ1n) is 4.96. The SMILES string of the molecule is CCCCCC(C)OCC(C)O. The van der Waals surface area contributed by atoms with Gasteiger partial charge in [-0.2, -0.15) is 0 Å². The molecule has 0 bridgehead atoms. The van der Waals surface area contributed by atoms with Crippen molar-refractivity contribution in [2.75, 3.05) is 6.61 Å². The molecule has 0 radical (unpaired) electrons. The lowest BCUT2D eigenvalue weighted by Gasteiger charge is -2.13. The minimum Gasteiger partial charge on any atom is -0.391 e. The van der Waals surface area contributed by atoms with E-state index in [-0.39, 0.29) is 6.10 Å². The summed E-state index contributed by atoms with van der Waals surface area (Å²) in [5, 5.41) is 8.95. The van der Waals surface area contributed by atoms with Crippen molar-refractivity contribution in [3.8, 4) is 0 Å². The summed E-state index contributed by atoms with van der Waals surface area (Å²) in [6, 6.07) is 0. The van der Waals surface area contributed by atoms with Crippen LogP contribution in [0.2, 0.25) is 0 Å². The molecular weight excluding hydrogens is 152 g/mol. The lowest BCUT2D eigenvalue weighted by atomic mass is 10.1. The molecule has 0 saturated carbocycles. The van der Waals surface area contributed by atoms with Gasteiger partial charge in [-0.25, -0.2) is 0 Å². The van der Waals surface area contributed by atoms with Crippen molar-refractivity contribution in [2.45, 2.75) is 58.7 Å². The largest absolute Gasteiger partial charge is 0.391 e. The molecule has 0 saturated heterocycles. The van der Waals surface area contributed by atoms with E-state index in [1.807, 2.05) is 0 Å². The Hall–Kier alpha value is -0.0800. The standard InChI is InChI=1S/C10H22O2/c1-4-5-6-7-10(3)12-8-9(2)11/h9-11H,4-8H2,1-3H3. The van der Waals surface area contributed by atoms with Gasteiger partial charge < -0.3 is 9.84 Å². The molecule has 74 valence electrons. The van der Waals surface area contributed by atoms with E-state index in [1.54, 1.807) is 6.92 Å². The van der Waals surface area contributed by atoms with Crippen LogP contribution in [0, 0.1) is 0 Å². The summed E-state index contributed by atoms with van der Waals surface area (Å²) >= 11 is 0. The van der Waals surface area contributed by atoms with Gasteiger partial charge in [0.05, 0.1) is 18.8 Å². The molecule has 2 heteroatoms. The van der Waals surface area contributed by atoms with E-state index in [1.165, 1.54) is 19.3 Å². The Balaban J connectivity index is 3.15. The molecular formula is C10H22O2. The molecule has 2 unspecified atom stereocenters. The fourth-order valence-corrected chi connectivity index (χ4v) is 1.07. The Bertz CT molecular complexity index is 91.8. The Morgan fingerprint density at radius 3 is 2.42 bits per heavy atom. The summed E-state index contributed by atoms with van der Waals surface area (Å²) in [6.07, 6.45) is 4.84. The monoisotopic (exact) mass is 174 g/mol. The quantitative estimate of drug-likeness (QED) is 0.600. The van der Waals surface area contributed by atoms with Crippen LogP contribution in [-0.2, 0) is 4.74 Å². The first-order valence-corrected chi connectivity index (χ1v) is 4.96. The van der Waals surface area contributed by atoms with Crippen LogP contribution in [0.1, 0.15) is 46.5 Å². The average Bonchev–Trinajstić information content (AvgIpc) is 2.01. The highest BCUT2D eigenvalue weighted by atomic mass is 16.5. The molecule has 0 aromatic rings. The number of unbranched alkanes of at least 4 members (excludes halogenated alkanes) is 2. The predicted octanol–water partition coefficient (Wildman–Crippen LogP) is 2.35. The first-order chi connectivity index (χ1) is 5.66. The predicted molar refractivity (Wildman–Crippen MR) is 51.2 cm³/mol.